The minimum atomic E-state index is -0.690. The summed E-state index contributed by atoms with van der Waals surface area (Å²) in [5.74, 6) is -0.397. The average Bonchev–Trinajstić information content (AvgIpc) is 3.58. The van der Waals surface area contributed by atoms with Crippen molar-refractivity contribution in [2.24, 2.45) is 12.8 Å². The summed E-state index contributed by atoms with van der Waals surface area (Å²) >= 11 is 6.02. The van der Waals surface area contributed by atoms with Crippen LogP contribution in [-0.2, 0) is 36.1 Å². The van der Waals surface area contributed by atoms with Gasteiger partial charge in [0.1, 0.15) is 11.6 Å². The van der Waals surface area contributed by atoms with Crippen molar-refractivity contribution >= 4 is 34.4 Å². The first-order chi connectivity index (χ1) is 19.4. The van der Waals surface area contributed by atoms with Gasteiger partial charge in [-0.05, 0) is 60.2 Å². The van der Waals surface area contributed by atoms with Crippen LogP contribution in [0.3, 0.4) is 0 Å². The molecule has 208 valence electrons. The van der Waals surface area contributed by atoms with Crippen molar-refractivity contribution in [3.05, 3.63) is 94.5 Å². The van der Waals surface area contributed by atoms with E-state index in [1.807, 2.05) is 79.8 Å². The van der Waals surface area contributed by atoms with Crippen LogP contribution >= 0.6 is 11.6 Å². The van der Waals surface area contributed by atoms with Gasteiger partial charge in [-0.3, -0.25) is 9.59 Å². The van der Waals surface area contributed by atoms with E-state index in [2.05, 4.69) is 20.9 Å². The number of nitrogens with zero attached hydrogens (tertiary/aromatic N) is 4. The van der Waals surface area contributed by atoms with Crippen molar-refractivity contribution in [1.82, 2.24) is 30.5 Å². The summed E-state index contributed by atoms with van der Waals surface area (Å²) in [6.45, 7) is 1.35. The third-order valence-electron chi connectivity index (χ3n) is 7.44. The molecule has 0 saturated carbocycles. The molecule has 3 atom stereocenters. The third kappa shape index (κ3) is 6.67. The first-order valence-corrected chi connectivity index (χ1v) is 13.9. The molecule has 1 fully saturated rings. The number of benzene rings is 3. The predicted molar refractivity (Wildman–Crippen MR) is 155 cm³/mol. The number of rotatable bonds is 10. The number of nitrogens with one attached hydrogen (secondary N) is 2. The van der Waals surface area contributed by atoms with Gasteiger partial charge < -0.3 is 21.3 Å². The Labute approximate surface area is 238 Å². The van der Waals surface area contributed by atoms with Crippen molar-refractivity contribution in [2.45, 2.75) is 50.5 Å². The monoisotopic (exact) mass is 559 g/mol. The number of amides is 2. The number of aryl methyl sites for hydroxylation is 2. The Morgan fingerprint density at radius 3 is 2.55 bits per heavy atom. The first-order valence-electron chi connectivity index (χ1n) is 13.5. The standard InChI is InChI=1S/C30H34ClN7O2/c1-37-27-14-10-22(15-26(27)35-36-37)18-34-29(39)28-16-24(33-17-21-7-11-23(31)12-8-21)19-38(28)30(40)25(32)13-9-20-5-3-2-4-6-20/h2-8,10-12,14-15,24-25,28,33H,9,13,16-19,32H2,1H3,(H,34,39). The molecule has 0 spiro atoms. The van der Waals surface area contributed by atoms with E-state index in [0.717, 1.165) is 27.7 Å². The highest BCUT2D eigenvalue weighted by atomic mass is 35.5. The Balaban J connectivity index is 1.25. The highest BCUT2D eigenvalue weighted by Crippen LogP contribution is 2.22. The van der Waals surface area contributed by atoms with Gasteiger partial charge >= 0.3 is 0 Å². The highest BCUT2D eigenvalue weighted by Gasteiger charge is 2.40. The molecule has 10 heteroatoms. The van der Waals surface area contributed by atoms with Crippen LogP contribution in [-0.4, -0.2) is 56.4 Å². The van der Waals surface area contributed by atoms with Gasteiger partial charge in [0.15, 0.2) is 0 Å². The van der Waals surface area contributed by atoms with Gasteiger partial charge in [0.05, 0.1) is 11.6 Å². The number of hydrogen-bond acceptors (Lipinski definition) is 6. The average molecular weight is 560 g/mol. The Kier molecular flexibility index (Phi) is 8.74. The fourth-order valence-corrected chi connectivity index (χ4v) is 5.27. The zero-order valence-electron chi connectivity index (χ0n) is 22.5. The SMILES string of the molecule is Cn1nnc2cc(CNC(=O)C3CC(NCc4ccc(Cl)cc4)CN3C(=O)C(N)CCc3ccccc3)ccc21. The van der Waals surface area contributed by atoms with Crippen LogP contribution in [0, 0.1) is 0 Å². The van der Waals surface area contributed by atoms with Crippen LogP contribution in [0.25, 0.3) is 11.0 Å². The molecule has 1 aromatic heterocycles. The Bertz CT molecular complexity index is 1460. The van der Waals surface area contributed by atoms with E-state index >= 15 is 0 Å². The van der Waals surface area contributed by atoms with Crippen molar-refractivity contribution in [2.75, 3.05) is 6.54 Å². The largest absolute Gasteiger partial charge is 0.350 e. The van der Waals surface area contributed by atoms with Crippen molar-refractivity contribution in [3.63, 3.8) is 0 Å². The van der Waals surface area contributed by atoms with Crippen LogP contribution < -0.4 is 16.4 Å². The van der Waals surface area contributed by atoms with E-state index in [-0.39, 0.29) is 17.9 Å². The van der Waals surface area contributed by atoms with Crippen LogP contribution in [0.4, 0.5) is 0 Å². The molecule has 9 nitrogen and oxygen atoms in total. The zero-order valence-corrected chi connectivity index (χ0v) is 23.2. The number of halogens is 1. The molecule has 40 heavy (non-hydrogen) atoms. The summed E-state index contributed by atoms with van der Waals surface area (Å²) < 4.78 is 1.71. The maximum atomic E-state index is 13.5. The molecule has 5 rings (SSSR count). The molecule has 2 heterocycles. The summed E-state index contributed by atoms with van der Waals surface area (Å²) in [7, 11) is 1.84. The lowest BCUT2D eigenvalue weighted by Gasteiger charge is -2.26. The third-order valence-corrected chi connectivity index (χ3v) is 7.69. The minimum absolute atomic E-state index is 0.0485. The molecule has 2 amide bonds. The predicted octanol–water partition coefficient (Wildman–Crippen LogP) is 2.96. The van der Waals surface area contributed by atoms with Crippen molar-refractivity contribution in [1.29, 1.82) is 0 Å². The molecule has 4 aromatic rings. The molecular weight excluding hydrogens is 526 g/mol. The van der Waals surface area contributed by atoms with Gasteiger partial charge in [-0.2, -0.15) is 0 Å². The van der Waals surface area contributed by atoms with Gasteiger partial charge in [0.2, 0.25) is 11.8 Å². The normalized spacial score (nSPS) is 17.7. The fourth-order valence-electron chi connectivity index (χ4n) is 5.15. The Morgan fingerprint density at radius 2 is 1.77 bits per heavy atom. The number of carbonyl (C=O) groups is 2. The summed E-state index contributed by atoms with van der Waals surface area (Å²) in [6, 6.07) is 22.0. The van der Waals surface area contributed by atoms with Gasteiger partial charge in [0.25, 0.3) is 0 Å². The van der Waals surface area contributed by atoms with E-state index in [0.29, 0.717) is 43.9 Å². The van der Waals surface area contributed by atoms with Crippen molar-refractivity contribution < 1.29 is 9.59 Å². The van der Waals surface area contributed by atoms with E-state index in [1.165, 1.54) is 0 Å². The van der Waals surface area contributed by atoms with Gasteiger partial charge in [0, 0.05) is 37.7 Å². The Morgan fingerprint density at radius 1 is 1.02 bits per heavy atom. The smallest absolute Gasteiger partial charge is 0.243 e. The number of nitrogens with two attached hydrogens (primary N) is 1. The number of likely N-dealkylation sites (tertiary alicyclic amines) is 1. The lowest BCUT2D eigenvalue weighted by Crippen LogP contribution is -2.51. The lowest BCUT2D eigenvalue weighted by atomic mass is 10.0. The van der Waals surface area contributed by atoms with E-state index in [1.54, 1.807) is 9.58 Å². The second-order valence-electron chi connectivity index (χ2n) is 10.3. The Hall–Kier alpha value is -3.79. The molecule has 3 unspecified atom stereocenters. The van der Waals surface area contributed by atoms with E-state index in [9.17, 15) is 9.59 Å². The van der Waals surface area contributed by atoms with Crippen LogP contribution in [0.5, 0.6) is 0 Å². The molecular formula is C30H34ClN7O2. The minimum Gasteiger partial charge on any atom is -0.350 e. The molecule has 1 saturated heterocycles. The number of aromatic nitrogens is 3. The highest BCUT2D eigenvalue weighted by molar-refractivity contribution is 6.30. The first kappa shape index (κ1) is 27.8. The number of carbonyl (C=O) groups excluding carboxylic acids is 2. The zero-order chi connectivity index (χ0) is 28.1. The second-order valence-corrected chi connectivity index (χ2v) is 10.8. The molecule has 3 aromatic carbocycles. The maximum Gasteiger partial charge on any atom is 0.243 e. The van der Waals surface area contributed by atoms with Crippen LogP contribution in [0.2, 0.25) is 5.02 Å². The quantitative estimate of drug-likeness (QED) is 0.275. The van der Waals surface area contributed by atoms with E-state index in [4.69, 9.17) is 17.3 Å². The fraction of sp³-hybridized carbons (Fsp3) is 0.333. The van der Waals surface area contributed by atoms with Gasteiger partial charge in [-0.25, -0.2) is 4.68 Å². The topological polar surface area (TPSA) is 118 Å². The number of hydrogen-bond donors (Lipinski definition) is 3. The van der Waals surface area contributed by atoms with Crippen LogP contribution in [0.15, 0.2) is 72.8 Å². The van der Waals surface area contributed by atoms with Gasteiger partial charge in [-0.1, -0.05) is 65.3 Å². The van der Waals surface area contributed by atoms with Crippen molar-refractivity contribution in [3.8, 4) is 0 Å². The molecule has 4 N–H and O–H groups in total. The molecule has 1 aliphatic rings. The molecule has 0 radical (unpaired) electrons. The summed E-state index contributed by atoms with van der Waals surface area (Å²) in [5, 5.41) is 15.4. The molecule has 0 aliphatic carbocycles. The maximum absolute atomic E-state index is 13.5. The second kappa shape index (κ2) is 12.6. The molecule has 0 bridgehead atoms. The summed E-state index contributed by atoms with van der Waals surface area (Å²) in [5.41, 5.74) is 11.2. The molecule has 1 aliphatic heterocycles. The number of fused-ring (bicyclic) bond motifs is 1. The summed E-state index contributed by atoms with van der Waals surface area (Å²) in [6.07, 6.45) is 1.70. The lowest BCUT2D eigenvalue weighted by molar-refractivity contribution is -0.139. The van der Waals surface area contributed by atoms with Gasteiger partial charge in [-0.15, -0.1) is 5.10 Å². The van der Waals surface area contributed by atoms with E-state index < -0.39 is 12.1 Å². The summed E-state index contributed by atoms with van der Waals surface area (Å²) in [4.78, 5) is 28.6. The van der Waals surface area contributed by atoms with Crippen LogP contribution in [0.1, 0.15) is 29.5 Å².